The second-order valence-electron chi connectivity index (χ2n) is 13.8. The van der Waals surface area contributed by atoms with Gasteiger partial charge in [-0.15, -0.1) is 42.0 Å². The van der Waals surface area contributed by atoms with Gasteiger partial charge in [0.25, 0.3) is 0 Å². The van der Waals surface area contributed by atoms with Gasteiger partial charge in [0.1, 0.15) is 0 Å². The fraction of sp³-hybridized carbons (Fsp3) is 0.333. The van der Waals surface area contributed by atoms with Crippen molar-refractivity contribution in [3.63, 3.8) is 0 Å². The third-order valence-electron chi connectivity index (χ3n) is 7.78. The monoisotopic (exact) mass is 805 g/mol. The average Bonchev–Trinajstić information content (AvgIpc) is 3.34. The maximum atomic E-state index is 5.75. The molecule has 0 saturated carbocycles. The van der Waals surface area contributed by atoms with Crippen LogP contribution in [-0.4, -0.2) is 28.0 Å². The third-order valence-corrected chi connectivity index (χ3v) is 9.84. The van der Waals surface area contributed by atoms with Crippen LogP contribution in [0.4, 0.5) is 0 Å². The van der Waals surface area contributed by atoms with E-state index in [9.17, 15) is 0 Å². The van der Waals surface area contributed by atoms with Crippen LogP contribution in [0.2, 0.25) is 19.6 Å². The Morgan fingerprint density at radius 1 is 0.761 bits per heavy atom. The molecule has 5 heterocycles. The van der Waals surface area contributed by atoms with E-state index in [1.807, 2.05) is 43.5 Å². The predicted molar refractivity (Wildman–Crippen MR) is 189 cm³/mol. The first-order chi connectivity index (χ1) is 21.4. The second kappa shape index (κ2) is 14.9. The number of hydrogen-bond donors (Lipinski definition) is 0. The summed E-state index contributed by atoms with van der Waals surface area (Å²) in [7, 11) is -1.34. The molecule has 0 bridgehead atoms. The molecule has 1 radical (unpaired) electrons. The third kappa shape index (κ3) is 8.44. The minimum Gasteiger partial charge on any atom is -0.464 e. The second-order valence-corrected chi connectivity index (χ2v) is 18.9. The molecule has 0 atom stereocenters. The molecule has 0 aliphatic carbocycles. The van der Waals surface area contributed by atoms with Crippen molar-refractivity contribution < 1.29 is 24.5 Å². The number of pyridine rings is 4. The summed E-state index contributed by atoms with van der Waals surface area (Å²) in [6.45, 7) is 20.2. The van der Waals surface area contributed by atoms with Crippen molar-refractivity contribution >= 4 is 35.5 Å². The molecule has 0 aliphatic rings. The van der Waals surface area contributed by atoms with Gasteiger partial charge in [-0.2, -0.15) is 0 Å². The summed E-state index contributed by atoms with van der Waals surface area (Å²) in [5, 5.41) is 3.28. The number of benzene rings is 1. The number of rotatable bonds is 7. The van der Waals surface area contributed by atoms with Gasteiger partial charge < -0.3 is 9.40 Å². The topological polar surface area (TPSA) is 64.7 Å². The standard InChI is InChI=1S/C21H20N3O.C18H24NSi.Ir/c1-12(2)7-15-9-19(22-10-13(15)3)16-8-18-17-6-5-14(4)24-21(17)25-20(18)23-11-16;1-14(2)11-16-12-17(15-9-7-6-8-10-15)19-13-18(16)20(3,4)5;/h5-6,9-12H,7H2,1-4H3;6-9,12-14H,11H2,1-5H3;/q2*-1;. The molecule has 0 saturated heterocycles. The number of aromatic nitrogens is 4. The molecule has 6 aromatic rings. The van der Waals surface area contributed by atoms with Gasteiger partial charge in [-0.1, -0.05) is 76.7 Å². The van der Waals surface area contributed by atoms with Crippen molar-refractivity contribution in [3.8, 4) is 22.5 Å². The molecule has 46 heavy (non-hydrogen) atoms. The maximum Gasteiger partial charge on any atom is 0.185 e. The molecule has 0 unspecified atom stereocenters. The van der Waals surface area contributed by atoms with Gasteiger partial charge >= 0.3 is 0 Å². The van der Waals surface area contributed by atoms with E-state index in [-0.39, 0.29) is 20.1 Å². The van der Waals surface area contributed by atoms with E-state index in [2.05, 4.69) is 111 Å². The summed E-state index contributed by atoms with van der Waals surface area (Å²) in [5.74, 6) is 1.27. The van der Waals surface area contributed by atoms with E-state index in [0.29, 0.717) is 23.3 Å². The Kier molecular flexibility index (Phi) is 11.5. The zero-order valence-electron chi connectivity index (χ0n) is 28.5. The smallest absolute Gasteiger partial charge is 0.185 e. The van der Waals surface area contributed by atoms with Crippen LogP contribution in [0.25, 0.3) is 44.7 Å². The Morgan fingerprint density at radius 2 is 1.43 bits per heavy atom. The van der Waals surface area contributed by atoms with Gasteiger partial charge in [0.05, 0.1) is 8.07 Å². The van der Waals surface area contributed by atoms with Gasteiger partial charge in [0, 0.05) is 43.9 Å². The normalized spacial score (nSPS) is 11.5. The van der Waals surface area contributed by atoms with E-state index in [1.165, 1.54) is 21.9 Å². The molecule has 1 aromatic carbocycles. The maximum absolute atomic E-state index is 5.75. The zero-order chi connectivity index (χ0) is 32.3. The van der Waals surface area contributed by atoms with E-state index in [1.54, 1.807) is 6.20 Å². The largest absolute Gasteiger partial charge is 0.464 e. The number of nitrogens with zero attached hydrogens (tertiary/aromatic N) is 4. The van der Waals surface area contributed by atoms with Crippen LogP contribution >= 0.6 is 0 Å². The van der Waals surface area contributed by atoms with E-state index in [0.717, 1.165) is 51.8 Å². The first-order valence-electron chi connectivity index (χ1n) is 15.9. The first kappa shape index (κ1) is 35.3. The average molecular weight is 805 g/mol. The fourth-order valence-electron chi connectivity index (χ4n) is 5.54. The molecule has 0 N–H and O–H groups in total. The molecule has 241 valence electrons. The number of fused-ring (bicyclic) bond motifs is 3. The molecule has 7 heteroatoms. The summed E-state index contributed by atoms with van der Waals surface area (Å²) in [4.78, 5) is 18.2. The number of hydrogen-bond acceptors (Lipinski definition) is 5. The molecular formula is C39H44IrN4OSi-2. The van der Waals surface area contributed by atoms with Crippen LogP contribution in [0.3, 0.4) is 0 Å². The van der Waals surface area contributed by atoms with Crippen LogP contribution in [0.15, 0.2) is 71.5 Å². The summed E-state index contributed by atoms with van der Waals surface area (Å²) in [5.41, 5.74) is 10.0. The Bertz CT molecular complexity index is 1930. The quantitative estimate of drug-likeness (QED) is 0.119. The minimum absolute atomic E-state index is 0. The molecular weight excluding hydrogens is 761 g/mol. The van der Waals surface area contributed by atoms with Crippen LogP contribution in [0.1, 0.15) is 50.1 Å². The Morgan fingerprint density at radius 3 is 2.11 bits per heavy atom. The summed E-state index contributed by atoms with van der Waals surface area (Å²) < 4.78 is 5.75. The van der Waals surface area contributed by atoms with Gasteiger partial charge in [-0.3, -0.25) is 9.97 Å². The first-order valence-corrected chi connectivity index (χ1v) is 19.4. The van der Waals surface area contributed by atoms with Gasteiger partial charge in [-0.05, 0) is 83.6 Å². The van der Waals surface area contributed by atoms with Gasteiger partial charge in [0.2, 0.25) is 0 Å². The van der Waals surface area contributed by atoms with E-state index in [4.69, 9.17) is 4.42 Å². The Labute approximate surface area is 288 Å². The summed E-state index contributed by atoms with van der Waals surface area (Å²) >= 11 is 0. The van der Waals surface area contributed by atoms with Gasteiger partial charge in [0.15, 0.2) is 11.4 Å². The van der Waals surface area contributed by atoms with Crippen molar-refractivity contribution in [3.05, 3.63) is 102 Å². The van der Waals surface area contributed by atoms with Crippen molar-refractivity contribution in [2.45, 2.75) is 74.0 Å². The molecule has 0 aliphatic heterocycles. The Balaban J connectivity index is 0.000000210. The zero-order valence-corrected chi connectivity index (χ0v) is 31.8. The van der Waals surface area contributed by atoms with E-state index < -0.39 is 8.07 Å². The SMILES string of the molecule is CC(C)Cc1cc(-c2[c-]cccc2)ncc1[Si](C)(C)C.Cc1ccc2c(n1)oc1ncc(-c3cc(CC(C)C)c(C)cn3)[c-]c12.[Ir]. The van der Waals surface area contributed by atoms with Crippen LogP contribution in [0.5, 0.6) is 0 Å². The van der Waals surface area contributed by atoms with Crippen molar-refractivity contribution in [1.82, 2.24) is 19.9 Å². The van der Waals surface area contributed by atoms with Crippen LogP contribution in [0, 0.1) is 37.8 Å². The molecule has 0 fully saturated rings. The Hall–Kier alpha value is -3.51. The summed E-state index contributed by atoms with van der Waals surface area (Å²) in [6, 6.07) is 23.2. The van der Waals surface area contributed by atoms with Crippen LogP contribution in [-0.2, 0) is 32.9 Å². The van der Waals surface area contributed by atoms with Crippen LogP contribution < -0.4 is 5.19 Å². The summed E-state index contributed by atoms with van der Waals surface area (Å²) in [6.07, 6.45) is 7.98. The molecule has 5 aromatic heterocycles. The van der Waals surface area contributed by atoms with Crippen molar-refractivity contribution in [2.75, 3.05) is 0 Å². The number of furan rings is 1. The fourth-order valence-corrected chi connectivity index (χ4v) is 7.13. The molecule has 5 nitrogen and oxygen atoms in total. The van der Waals surface area contributed by atoms with Crippen molar-refractivity contribution in [2.24, 2.45) is 11.8 Å². The number of aryl methyl sites for hydroxylation is 2. The molecule has 6 rings (SSSR count). The molecule has 0 amide bonds. The molecule has 0 spiro atoms. The van der Waals surface area contributed by atoms with Gasteiger partial charge in [-0.25, -0.2) is 4.98 Å². The van der Waals surface area contributed by atoms with E-state index >= 15 is 0 Å². The predicted octanol–water partition coefficient (Wildman–Crippen LogP) is 9.34. The minimum atomic E-state index is -1.34. The van der Waals surface area contributed by atoms with Crippen molar-refractivity contribution in [1.29, 1.82) is 0 Å².